The zero-order chi connectivity index (χ0) is 9.52. The first-order valence-corrected chi connectivity index (χ1v) is 6.33. The zero-order valence-corrected chi connectivity index (χ0v) is 8.81. The number of nitrogens with one attached hydrogen (secondary N) is 1. The largest absolute Gasteiger partial charge is 0.497 e. The Labute approximate surface area is 82.0 Å². The Kier molecular flexibility index (Phi) is 5.08. The summed E-state index contributed by atoms with van der Waals surface area (Å²) in [7, 11) is -0.689. The molecule has 1 aliphatic rings. The van der Waals surface area contributed by atoms with Crippen LogP contribution in [0.3, 0.4) is 0 Å². The molecule has 0 aromatic heterocycles. The van der Waals surface area contributed by atoms with Crippen molar-refractivity contribution in [2.75, 3.05) is 25.1 Å². The van der Waals surface area contributed by atoms with Crippen molar-refractivity contribution in [3.05, 3.63) is 12.3 Å². The molecule has 1 rings (SSSR count). The van der Waals surface area contributed by atoms with Crippen LogP contribution in [0.4, 0.5) is 0 Å². The summed E-state index contributed by atoms with van der Waals surface area (Å²) in [4.78, 5) is 0. The van der Waals surface area contributed by atoms with E-state index in [0.717, 1.165) is 31.7 Å². The molecule has 4 heteroatoms. The highest BCUT2D eigenvalue weighted by Gasteiger charge is 2.09. The third-order valence-electron chi connectivity index (χ3n) is 1.96. The maximum absolute atomic E-state index is 10.7. The average Bonchev–Trinajstić information content (AvgIpc) is 2.14. The van der Waals surface area contributed by atoms with Gasteiger partial charge >= 0.3 is 0 Å². The Morgan fingerprint density at radius 1 is 1.69 bits per heavy atom. The van der Waals surface area contributed by atoms with Crippen molar-refractivity contribution < 1.29 is 8.95 Å². The molecule has 1 aliphatic heterocycles. The molecule has 13 heavy (non-hydrogen) atoms. The molecule has 0 saturated heterocycles. The molecule has 0 aromatic rings. The normalized spacial score (nSPS) is 23.9. The van der Waals surface area contributed by atoms with E-state index in [4.69, 9.17) is 4.74 Å². The highest BCUT2D eigenvalue weighted by Crippen LogP contribution is 2.08. The van der Waals surface area contributed by atoms with E-state index < -0.39 is 10.8 Å². The Bertz CT molecular complexity index is 194. The van der Waals surface area contributed by atoms with Crippen LogP contribution < -0.4 is 5.32 Å². The lowest BCUT2D eigenvalue weighted by molar-refractivity contribution is 0.123. The summed E-state index contributed by atoms with van der Waals surface area (Å²) in [5, 5.41) is 3.23. The molecule has 0 saturated carbocycles. The lowest BCUT2D eigenvalue weighted by atomic mass is 10.1. The van der Waals surface area contributed by atoms with E-state index in [9.17, 15) is 4.21 Å². The van der Waals surface area contributed by atoms with Gasteiger partial charge in [0.25, 0.3) is 0 Å². The van der Waals surface area contributed by atoms with E-state index in [1.165, 1.54) is 0 Å². The van der Waals surface area contributed by atoms with Gasteiger partial charge in [-0.05, 0) is 18.9 Å². The van der Waals surface area contributed by atoms with E-state index >= 15 is 0 Å². The topological polar surface area (TPSA) is 38.3 Å². The van der Waals surface area contributed by atoms with Crippen LogP contribution in [-0.4, -0.2) is 35.4 Å². The molecule has 1 heterocycles. The molecule has 0 spiro atoms. The molecule has 76 valence electrons. The second-order valence-electron chi connectivity index (χ2n) is 3.19. The lowest BCUT2D eigenvalue weighted by Crippen LogP contribution is -2.31. The van der Waals surface area contributed by atoms with E-state index in [0.29, 0.717) is 6.10 Å². The van der Waals surface area contributed by atoms with E-state index in [-0.39, 0.29) is 0 Å². The van der Waals surface area contributed by atoms with Crippen LogP contribution in [0.1, 0.15) is 12.8 Å². The van der Waals surface area contributed by atoms with Crippen LogP contribution >= 0.6 is 0 Å². The van der Waals surface area contributed by atoms with Gasteiger partial charge in [-0.25, -0.2) is 0 Å². The van der Waals surface area contributed by atoms with Gasteiger partial charge in [-0.3, -0.25) is 4.21 Å². The minimum absolute atomic E-state index is 0.301. The van der Waals surface area contributed by atoms with Crippen molar-refractivity contribution in [3.63, 3.8) is 0 Å². The van der Waals surface area contributed by atoms with Crippen LogP contribution in [0, 0.1) is 0 Å². The Morgan fingerprint density at radius 2 is 2.54 bits per heavy atom. The summed E-state index contributed by atoms with van der Waals surface area (Å²) < 4.78 is 16.1. The predicted octanol–water partition coefficient (Wildman–Crippen LogP) is 0.647. The van der Waals surface area contributed by atoms with Crippen LogP contribution in [0.5, 0.6) is 0 Å². The summed E-state index contributed by atoms with van der Waals surface area (Å²) in [6.45, 7) is 1.67. The second kappa shape index (κ2) is 6.16. The van der Waals surface area contributed by atoms with Gasteiger partial charge in [-0.15, -0.1) is 0 Å². The zero-order valence-electron chi connectivity index (χ0n) is 7.99. The Morgan fingerprint density at radius 3 is 3.15 bits per heavy atom. The maximum atomic E-state index is 10.7. The SMILES string of the molecule is CS(=O)CCNCC1CCC=CO1. The highest BCUT2D eigenvalue weighted by molar-refractivity contribution is 7.84. The minimum Gasteiger partial charge on any atom is -0.497 e. The number of ether oxygens (including phenoxy) is 1. The maximum Gasteiger partial charge on any atom is 0.110 e. The monoisotopic (exact) mass is 203 g/mol. The van der Waals surface area contributed by atoms with Crippen molar-refractivity contribution in [2.45, 2.75) is 18.9 Å². The van der Waals surface area contributed by atoms with E-state index in [1.807, 2.05) is 6.08 Å². The Hall–Kier alpha value is -0.350. The first kappa shape index (κ1) is 10.7. The summed E-state index contributed by atoms with van der Waals surface area (Å²) in [6.07, 6.45) is 8.02. The van der Waals surface area contributed by atoms with Crippen LogP contribution in [0.15, 0.2) is 12.3 Å². The fraction of sp³-hybridized carbons (Fsp3) is 0.778. The molecular weight excluding hydrogens is 186 g/mol. The van der Waals surface area contributed by atoms with Gasteiger partial charge in [0.15, 0.2) is 0 Å². The first-order valence-electron chi connectivity index (χ1n) is 4.60. The number of allylic oxidation sites excluding steroid dienone is 1. The molecule has 3 nitrogen and oxygen atoms in total. The van der Waals surface area contributed by atoms with Gasteiger partial charge in [0, 0.05) is 35.9 Å². The van der Waals surface area contributed by atoms with Crippen molar-refractivity contribution >= 4 is 10.8 Å². The molecule has 0 aliphatic carbocycles. The smallest absolute Gasteiger partial charge is 0.110 e. The van der Waals surface area contributed by atoms with Crippen molar-refractivity contribution in [2.24, 2.45) is 0 Å². The molecular formula is C9H17NO2S. The van der Waals surface area contributed by atoms with Gasteiger partial charge < -0.3 is 10.1 Å². The highest BCUT2D eigenvalue weighted by atomic mass is 32.2. The quantitative estimate of drug-likeness (QED) is 0.667. The number of rotatable bonds is 5. The van der Waals surface area contributed by atoms with Crippen molar-refractivity contribution in [1.82, 2.24) is 5.32 Å². The van der Waals surface area contributed by atoms with Gasteiger partial charge in [0.1, 0.15) is 6.10 Å². The fourth-order valence-corrected chi connectivity index (χ4v) is 1.65. The van der Waals surface area contributed by atoms with Crippen molar-refractivity contribution in [3.8, 4) is 0 Å². The standard InChI is InChI=1S/C9H17NO2S/c1-13(11)7-5-10-8-9-4-2-3-6-12-9/h3,6,9-10H,2,4-5,7-8H2,1H3. The molecule has 0 radical (unpaired) electrons. The summed E-state index contributed by atoms with van der Waals surface area (Å²) >= 11 is 0. The molecule has 2 atom stereocenters. The van der Waals surface area contributed by atoms with Gasteiger partial charge in [0.2, 0.25) is 0 Å². The molecule has 0 fully saturated rings. The van der Waals surface area contributed by atoms with Gasteiger partial charge in [-0.2, -0.15) is 0 Å². The first-order chi connectivity index (χ1) is 6.29. The van der Waals surface area contributed by atoms with Crippen LogP contribution in [0.25, 0.3) is 0 Å². The minimum atomic E-state index is -0.689. The third-order valence-corrected chi connectivity index (χ3v) is 2.74. The van der Waals surface area contributed by atoms with Crippen LogP contribution in [-0.2, 0) is 15.5 Å². The van der Waals surface area contributed by atoms with Gasteiger partial charge in [0.05, 0.1) is 6.26 Å². The van der Waals surface area contributed by atoms with E-state index in [2.05, 4.69) is 5.32 Å². The third kappa shape index (κ3) is 5.05. The average molecular weight is 203 g/mol. The van der Waals surface area contributed by atoms with Gasteiger partial charge in [-0.1, -0.05) is 0 Å². The summed E-state index contributed by atoms with van der Waals surface area (Å²) in [5.41, 5.74) is 0. The molecule has 0 aromatic carbocycles. The number of hydrogen-bond acceptors (Lipinski definition) is 3. The molecule has 0 amide bonds. The summed E-state index contributed by atoms with van der Waals surface area (Å²) in [6, 6.07) is 0. The number of hydrogen-bond donors (Lipinski definition) is 1. The Balaban J connectivity index is 1.99. The van der Waals surface area contributed by atoms with E-state index in [1.54, 1.807) is 12.5 Å². The van der Waals surface area contributed by atoms with Crippen LogP contribution in [0.2, 0.25) is 0 Å². The second-order valence-corrected chi connectivity index (χ2v) is 4.74. The lowest BCUT2D eigenvalue weighted by Gasteiger charge is -2.19. The fourth-order valence-electron chi connectivity index (χ4n) is 1.21. The molecule has 0 bridgehead atoms. The predicted molar refractivity (Wildman–Crippen MR) is 55.1 cm³/mol. The van der Waals surface area contributed by atoms with Crippen molar-refractivity contribution in [1.29, 1.82) is 0 Å². The molecule has 1 N–H and O–H groups in total. The molecule has 2 unspecified atom stereocenters. The summed E-state index contributed by atoms with van der Waals surface area (Å²) in [5.74, 6) is 0.725.